The van der Waals surface area contributed by atoms with E-state index in [9.17, 15) is 8.42 Å². The molecule has 0 amide bonds. The van der Waals surface area contributed by atoms with Gasteiger partial charge in [0.1, 0.15) is 23.9 Å². The van der Waals surface area contributed by atoms with Gasteiger partial charge >= 0.3 is 0 Å². The van der Waals surface area contributed by atoms with Crippen LogP contribution in [0.2, 0.25) is 0 Å². The van der Waals surface area contributed by atoms with Crippen molar-refractivity contribution in [3.8, 4) is 34.8 Å². The lowest BCUT2D eigenvalue weighted by molar-refractivity contribution is 0.0982. The maximum absolute atomic E-state index is 13.7. The van der Waals surface area contributed by atoms with E-state index in [0.717, 1.165) is 0 Å². The zero-order valence-electron chi connectivity index (χ0n) is 21.6. The second-order valence-corrected chi connectivity index (χ2v) is 10.4. The molecule has 0 unspecified atom stereocenters. The Balaban J connectivity index is 1.80. The average molecular weight is 546 g/mol. The zero-order valence-corrected chi connectivity index (χ0v) is 22.4. The van der Waals surface area contributed by atoms with Gasteiger partial charge in [0.05, 0.1) is 44.7 Å². The summed E-state index contributed by atoms with van der Waals surface area (Å²) in [5.41, 5.74) is 0.998. The number of hydrogen-bond donors (Lipinski definition) is 0. The number of sulfone groups is 1. The first-order valence-electron chi connectivity index (χ1n) is 11.2. The second-order valence-electron chi connectivity index (χ2n) is 8.04. The Morgan fingerprint density at radius 1 is 0.947 bits per heavy atom. The summed E-state index contributed by atoms with van der Waals surface area (Å²) in [5.74, 6) is 0.354. The molecule has 0 radical (unpaired) electrons. The summed E-state index contributed by atoms with van der Waals surface area (Å²) in [6.07, 6.45) is 4.89. The van der Waals surface area contributed by atoms with Crippen molar-refractivity contribution in [3.63, 3.8) is 0 Å². The molecule has 2 atom stereocenters. The highest BCUT2D eigenvalue weighted by Crippen LogP contribution is 2.34. The minimum Gasteiger partial charge on any atom is -0.480 e. The lowest BCUT2D eigenvalue weighted by Gasteiger charge is -2.22. The van der Waals surface area contributed by atoms with E-state index in [1.54, 1.807) is 24.0 Å². The predicted molar refractivity (Wildman–Crippen MR) is 133 cm³/mol. The zero-order chi connectivity index (χ0) is 27.4. The maximum atomic E-state index is 13.7. The number of aryl methyl sites for hydroxylation is 1. The topological polar surface area (TPSA) is 171 Å². The Kier molecular flexibility index (Phi) is 7.82. The van der Waals surface area contributed by atoms with Crippen molar-refractivity contribution >= 4 is 9.84 Å². The summed E-state index contributed by atoms with van der Waals surface area (Å²) in [4.78, 5) is 16.7. The molecule has 16 heteroatoms. The number of aromatic nitrogens is 9. The van der Waals surface area contributed by atoms with Crippen LogP contribution in [0.3, 0.4) is 0 Å². The third-order valence-corrected chi connectivity index (χ3v) is 7.80. The molecule has 0 aliphatic rings. The van der Waals surface area contributed by atoms with Crippen LogP contribution in [0.5, 0.6) is 17.6 Å². The van der Waals surface area contributed by atoms with E-state index in [2.05, 4.69) is 35.2 Å². The molecule has 38 heavy (non-hydrogen) atoms. The second kappa shape index (κ2) is 11.1. The quantitative estimate of drug-likeness (QED) is 0.261. The van der Waals surface area contributed by atoms with Crippen LogP contribution in [-0.2, 0) is 27.4 Å². The minimum atomic E-state index is -3.92. The first-order chi connectivity index (χ1) is 18.2. The molecule has 0 N–H and O–H groups in total. The van der Waals surface area contributed by atoms with E-state index in [-0.39, 0.29) is 29.1 Å². The molecule has 4 rings (SSSR count). The smallest absolute Gasteiger partial charge is 0.245 e. The Morgan fingerprint density at radius 2 is 1.66 bits per heavy atom. The fourth-order valence-electron chi connectivity index (χ4n) is 3.81. The van der Waals surface area contributed by atoms with Gasteiger partial charge in [0.25, 0.3) is 0 Å². The molecule has 0 aliphatic heterocycles. The van der Waals surface area contributed by atoms with Gasteiger partial charge in [-0.05, 0) is 13.0 Å². The van der Waals surface area contributed by atoms with Crippen LogP contribution < -0.4 is 14.2 Å². The minimum absolute atomic E-state index is 0.0690. The largest absolute Gasteiger partial charge is 0.480 e. The van der Waals surface area contributed by atoms with Gasteiger partial charge in [-0.25, -0.2) is 13.4 Å². The van der Waals surface area contributed by atoms with Crippen LogP contribution in [-0.4, -0.2) is 86.6 Å². The lowest BCUT2D eigenvalue weighted by Crippen LogP contribution is -2.29. The van der Waals surface area contributed by atoms with Crippen LogP contribution in [0.4, 0.5) is 0 Å². The molecule has 15 nitrogen and oxygen atoms in total. The van der Waals surface area contributed by atoms with Crippen molar-refractivity contribution in [1.29, 1.82) is 0 Å². The van der Waals surface area contributed by atoms with E-state index in [1.165, 1.54) is 58.7 Å². The summed E-state index contributed by atoms with van der Waals surface area (Å²) < 4.78 is 51.9. The van der Waals surface area contributed by atoms with Crippen molar-refractivity contribution in [2.45, 2.75) is 24.0 Å². The number of methoxy groups -OCH3 is 4. The standard InChI is InChI=1S/C22H27N9O6S/c1-13(19(35-4)15-9-24-17(34-3)10-23-15)38(32,33)11-16-27-28-20(14-7-8-30(2)29-14)31(16)18-21(36-5)25-12-26-22(18)37-6/h7-10,12-13,19H,11H2,1-6H3/t13-,19-/m0/s1. The molecular weight excluding hydrogens is 518 g/mol. The highest BCUT2D eigenvalue weighted by Gasteiger charge is 2.35. The molecule has 0 spiro atoms. The van der Waals surface area contributed by atoms with Crippen molar-refractivity contribution in [1.82, 2.24) is 44.5 Å². The molecule has 0 aliphatic carbocycles. The van der Waals surface area contributed by atoms with E-state index in [4.69, 9.17) is 18.9 Å². The van der Waals surface area contributed by atoms with E-state index in [1.807, 2.05) is 0 Å². The van der Waals surface area contributed by atoms with E-state index >= 15 is 0 Å². The SMILES string of the molecule is COc1cnc([C@@H](OC)[C@H](C)S(=O)(=O)Cc2nnc(-c3ccn(C)n3)n2-c2c(OC)ncnc2OC)cn1. The third-order valence-electron chi connectivity index (χ3n) is 5.76. The third kappa shape index (κ3) is 5.12. The van der Waals surface area contributed by atoms with Crippen molar-refractivity contribution in [3.05, 3.63) is 42.5 Å². The van der Waals surface area contributed by atoms with Crippen LogP contribution in [0, 0.1) is 0 Å². The lowest BCUT2D eigenvalue weighted by atomic mass is 10.2. The number of rotatable bonds is 11. The highest BCUT2D eigenvalue weighted by molar-refractivity contribution is 7.91. The molecule has 0 bridgehead atoms. The Labute approximate surface area is 218 Å². The normalized spacial score (nSPS) is 13.2. The highest BCUT2D eigenvalue weighted by atomic mass is 32.2. The molecular formula is C22H27N9O6S. The van der Waals surface area contributed by atoms with Gasteiger partial charge in [0.15, 0.2) is 27.2 Å². The summed E-state index contributed by atoms with van der Waals surface area (Å²) in [6, 6.07) is 1.72. The van der Waals surface area contributed by atoms with Crippen molar-refractivity contribution in [2.75, 3.05) is 28.4 Å². The Bertz CT molecular complexity index is 1480. The van der Waals surface area contributed by atoms with Crippen molar-refractivity contribution < 1.29 is 27.4 Å². The van der Waals surface area contributed by atoms with Gasteiger partial charge < -0.3 is 18.9 Å². The monoisotopic (exact) mass is 545 g/mol. The molecule has 4 aromatic heterocycles. The van der Waals surface area contributed by atoms with Gasteiger partial charge in [-0.3, -0.25) is 14.2 Å². The summed E-state index contributed by atoms with van der Waals surface area (Å²) >= 11 is 0. The fourth-order valence-corrected chi connectivity index (χ4v) is 5.25. The van der Waals surface area contributed by atoms with Crippen LogP contribution in [0.15, 0.2) is 31.0 Å². The van der Waals surface area contributed by atoms with Gasteiger partial charge in [-0.2, -0.15) is 15.1 Å². The van der Waals surface area contributed by atoms with Crippen LogP contribution in [0.1, 0.15) is 24.5 Å². The van der Waals surface area contributed by atoms with Crippen molar-refractivity contribution in [2.24, 2.45) is 7.05 Å². The van der Waals surface area contributed by atoms with Crippen LogP contribution in [0.25, 0.3) is 17.2 Å². The number of nitrogens with zero attached hydrogens (tertiary/aromatic N) is 9. The maximum Gasteiger partial charge on any atom is 0.245 e. The Morgan fingerprint density at radius 3 is 2.18 bits per heavy atom. The molecule has 4 heterocycles. The van der Waals surface area contributed by atoms with Gasteiger partial charge in [-0.1, -0.05) is 0 Å². The van der Waals surface area contributed by atoms with E-state index in [0.29, 0.717) is 17.3 Å². The summed E-state index contributed by atoms with van der Waals surface area (Å²) in [5, 5.41) is 11.8. The number of ether oxygens (including phenoxy) is 4. The first kappa shape index (κ1) is 26.9. The Hall–Kier alpha value is -4.18. The summed E-state index contributed by atoms with van der Waals surface area (Å²) in [7, 11) is 3.54. The molecule has 0 aromatic carbocycles. The first-order valence-corrected chi connectivity index (χ1v) is 12.9. The van der Waals surface area contributed by atoms with E-state index < -0.39 is 26.9 Å². The molecule has 4 aromatic rings. The molecule has 202 valence electrons. The fraction of sp³-hybridized carbons (Fsp3) is 0.409. The van der Waals surface area contributed by atoms with Gasteiger partial charge in [0, 0.05) is 20.4 Å². The predicted octanol–water partition coefficient (Wildman–Crippen LogP) is 0.965. The molecule has 0 fully saturated rings. The van der Waals surface area contributed by atoms with Gasteiger partial charge in [-0.15, -0.1) is 10.2 Å². The average Bonchev–Trinajstić information content (AvgIpc) is 3.54. The number of hydrogen-bond acceptors (Lipinski definition) is 13. The molecule has 0 saturated carbocycles. The van der Waals surface area contributed by atoms with Crippen LogP contribution >= 0.6 is 0 Å². The summed E-state index contributed by atoms with van der Waals surface area (Å²) in [6.45, 7) is 1.53. The van der Waals surface area contributed by atoms with Gasteiger partial charge in [0.2, 0.25) is 17.6 Å². The molecule has 0 saturated heterocycles.